The minimum Gasteiger partial charge on any atom is -0.480 e. The van der Waals surface area contributed by atoms with Crippen molar-refractivity contribution in [3.63, 3.8) is 0 Å². The average molecular weight is 273 g/mol. The van der Waals surface area contributed by atoms with Crippen LogP contribution in [0.1, 0.15) is 12.8 Å². The Morgan fingerprint density at radius 2 is 2.21 bits per heavy atom. The number of carbonyl (C=O) groups is 3. The third-order valence-electron chi connectivity index (χ3n) is 2.98. The first-order valence-electron chi connectivity index (χ1n) is 5.99. The molecule has 1 fully saturated rings. The van der Waals surface area contributed by atoms with Crippen molar-refractivity contribution < 1.29 is 24.2 Å². The van der Waals surface area contributed by atoms with Crippen LogP contribution in [-0.2, 0) is 14.3 Å². The molecule has 0 radical (unpaired) electrons. The number of carbonyl (C=O) groups excluding carboxylic acids is 2. The van der Waals surface area contributed by atoms with Crippen molar-refractivity contribution in [2.75, 3.05) is 26.8 Å². The summed E-state index contributed by atoms with van der Waals surface area (Å²) >= 11 is 0. The van der Waals surface area contributed by atoms with Crippen LogP contribution in [0, 0.1) is 5.92 Å². The lowest BCUT2D eigenvalue weighted by Crippen LogP contribution is -2.48. The summed E-state index contributed by atoms with van der Waals surface area (Å²) in [6.07, 6.45) is 0.394. The highest BCUT2D eigenvalue weighted by Crippen LogP contribution is 2.16. The first-order chi connectivity index (χ1) is 8.93. The molecule has 2 atom stereocenters. The van der Waals surface area contributed by atoms with Gasteiger partial charge in [-0.3, -0.25) is 4.79 Å². The van der Waals surface area contributed by atoms with E-state index in [1.165, 1.54) is 4.90 Å². The fraction of sp³-hybridized carbons (Fsp3) is 0.727. The van der Waals surface area contributed by atoms with E-state index in [9.17, 15) is 14.4 Å². The van der Waals surface area contributed by atoms with Crippen LogP contribution in [0.25, 0.3) is 0 Å². The zero-order valence-electron chi connectivity index (χ0n) is 10.8. The number of amides is 3. The summed E-state index contributed by atoms with van der Waals surface area (Å²) in [5, 5.41) is 11.2. The van der Waals surface area contributed by atoms with Gasteiger partial charge in [-0.05, 0) is 6.42 Å². The van der Waals surface area contributed by atoms with Gasteiger partial charge in [0.2, 0.25) is 5.91 Å². The Hall–Kier alpha value is -1.83. The predicted molar refractivity (Wildman–Crippen MR) is 65.3 cm³/mol. The maximum absolute atomic E-state index is 11.9. The van der Waals surface area contributed by atoms with Gasteiger partial charge in [0.15, 0.2) is 0 Å². The summed E-state index contributed by atoms with van der Waals surface area (Å²) in [4.78, 5) is 35.0. The van der Waals surface area contributed by atoms with Crippen LogP contribution in [0.15, 0.2) is 0 Å². The number of aliphatic carboxylic acids is 1. The summed E-state index contributed by atoms with van der Waals surface area (Å²) in [5.41, 5.74) is 4.94. The fourth-order valence-electron chi connectivity index (χ4n) is 2.03. The Morgan fingerprint density at radius 3 is 2.74 bits per heavy atom. The molecule has 0 bridgehead atoms. The smallest absolute Gasteiger partial charge is 0.326 e. The molecule has 0 aliphatic carbocycles. The lowest BCUT2D eigenvalue weighted by atomic mass is 10.1. The number of urea groups is 1. The zero-order chi connectivity index (χ0) is 14.4. The molecule has 3 amide bonds. The Bertz CT molecular complexity index is 360. The van der Waals surface area contributed by atoms with Gasteiger partial charge in [0.05, 0.1) is 13.0 Å². The van der Waals surface area contributed by atoms with Crippen LogP contribution < -0.4 is 11.1 Å². The number of primary amides is 1. The van der Waals surface area contributed by atoms with Gasteiger partial charge in [-0.2, -0.15) is 0 Å². The lowest BCUT2D eigenvalue weighted by molar-refractivity contribution is -0.140. The summed E-state index contributed by atoms with van der Waals surface area (Å²) in [6.45, 7) is 1.62. The standard InChI is InChI=1S/C11H19N3O5/c1-19-6-7-2-3-14(5-7)11(18)13-8(10(16)17)4-9(12)15/h7-8H,2-6H2,1H3,(H2,12,15)(H,13,18)(H,16,17). The molecule has 0 aromatic heterocycles. The number of carboxylic acids is 1. The molecule has 2 unspecified atom stereocenters. The highest BCUT2D eigenvalue weighted by Gasteiger charge is 2.29. The van der Waals surface area contributed by atoms with Crippen LogP contribution in [0.2, 0.25) is 0 Å². The van der Waals surface area contributed by atoms with E-state index >= 15 is 0 Å². The number of hydrogen-bond acceptors (Lipinski definition) is 4. The Morgan fingerprint density at radius 1 is 1.53 bits per heavy atom. The molecule has 4 N–H and O–H groups in total. The number of nitrogens with two attached hydrogens (primary N) is 1. The topological polar surface area (TPSA) is 122 Å². The van der Waals surface area contributed by atoms with Gasteiger partial charge >= 0.3 is 12.0 Å². The van der Waals surface area contributed by atoms with Gasteiger partial charge in [0.25, 0.3) is 0 Å². The first-order valence-corrected chi connectivity index (χ1v) is 5.99. The first kappa shape index (κ1) is 15.2. The summed E-state index contributed by atoms with van der Waals surface area (Å²) in [6, 6.07) is -1.78. The summed E-state index contributed by atoms with van der Waals surface area (Å²) < 4.78 is 5.01. The van der Waals surface area contributed by atoms with Crippen molar-refractivity contribution in [1.29, 1.82) is 0 Å². The quantitative estimate of drug-likeness (QED) is 0.572. The highest BCUT2D eigenvalue weighted by atomic mass is 16.5. The predicted octanol–water partition coefficient (Wildman–Crippen LogP) is -1.01. The van der Waals surface area contributed by atoms with Gasteiger partial charge in [0, 0.05) is 26.1 Å². The Kier molecular flexibility index (Phi) is 5.56. The van der Waals surface area contributed by atoms with Crippen LogP contribution in [-0.4, -0.2) is 60.8 Å². The van der Waals surface area contributed by atoms with Crippen molar-refractivity contribution in [3.05, 3.63) is 0 Å². The van der Waals surface area contributed by atoms with Gasteiger partial charge in [-0.15, -0.1) is 0 Å². The number of rotatable bonds is 6. The van der Waals surface area contributed by atoms with Gasteiger partial charge in [-0.1, -0.05) is 0 Å². The number of hydrogen-bond donors (Lipinski definition) is 3. The molecule has 8 nitrogen and oxygen atoms in total. The number of likely N-dealkylation sites (tertiary alicyclic amines) is 1. The Balaban J connectivity index is 2.49. The second-order valence-corrected chi connectivity index (χ2v) is 4.57. The molecule has 1 saturated heterocycles. The van der Waals surface area contributed by atoms with E-state index in [0.29, 0.717) is 19.7 Å². The molecule has 1 heterocycles. The molecular formula is C11H19N3O5. The van der Waals surface area contributed by atoms with Crippen LogP contribution in [0.3, 0.4) is 0 Å². The third kappa shape index (κ3) is 4.74. The minimum absolute atomic E-state index is 0.259. The van der Waals surface area contributed by atoms with Crippen LogP contribution >= 0.6 is 0 Å². The highest BCUT2D eigenvalue weighted by molar-refractivity contribution is 5.87. The van der Waals surface area contributed by atoms with Crippen molar-refractivity contribution in [3.8, 4) is 0 Å². The second-order valence-electron chi connectivity index (χ2n) is 4.57. The zero-order valence-corrected chi connectivity index (χ0v) is 10.8. The van der Waals surface area contributed by atoms with Gasteiger partial charge in [0.1, 0.15) is 6.04 Å². The largest absolute Gasteiger partial charge is 0.480 e. The molecule has 108 valence electrons. The van der Waals surface area contributed by atoms with Crippen LogP contribution in [0.5, 0.6) is 0 Å². The number of carboxylic acid groups (broad SMARTS) is 1. The average Bonchev–Trinajstić information content (AvgIpc) is 2.76. The number of methoxy groups -OCH3 is 1. The van der Waals surface area contributed by atoms with Crippen molar-refractivity contribution in [2.24, 2.45) is 11.7 Å². The lowest BCUT2D eigenvalue weighted by Gasteiger charge is -2.20. The van der Waals surface area contributed by atoms with E-state index in [0.717, 1.165) is 6.42 Å². The molecular weight excluding hydrogens is 254 g/mol. The Labute approximate surface area is 110 Å². The summed E-state index contributed by atoms with van der Waals surface area (Å²) in [5.74, 6) is -1.79. The number of ether oxygens (including phenoxy) is 1. The molecule has 19 heavy (non-hydrogen) atoms. The normalized spacial score (nSPS) is 20.1. The maximum Gasteiger partial charge on any atom is 0.326 e. The van der Waals surface area contributed by atoms with Gasteiger partial charge < -0.3 is 25.8 Å². The molecule has 1 aliphatic heterocycles. The summed E-state index contributed by atoms with van der Waals surface area (Å²) in [7, 11) is 1.59. The maximum atomic E-state index is 11.9. The van der Waals surface area contributed by atoms with Crippen molar-refractivity contribution in [2.45, 2.75) is 18.9 Å². The van der Waals surface area contributed by atoms with E-state index in [2.05, 4.69) is 5.32 Å². The minimum atomic E-state index is -1.29. The molecule has 1 aliphatic rings. The monoisotopic (exact) mass is 273 g/mol. The SMILES string of the molecule is COCC1CCN(C(=O)NC(CC(N)=O)C(=O)O)C1. The molecule has 0 spiro atoms. The van der Waals surface area contributed by atoms with Crippen LogP contribution in [0.4, 0.5) is 4.79 Å². The van der Waals surface area contributed by atoms with Crippen molar-refractivity contribution in [1.82, 2.24) is 10.2 Å². The fourth-order valence-corrected chi connectivity index (χ4v) is 2.03. The molecule has 8 heteroatoms. The molecule has 1 rings (SSSR count). The van der Waals surface area contributed by atoms with E-state index in [1.54, 1.807) is 7.11 Å². The molecule has 0 aromatic rings. The van der Waals surface area contributed by atoms with E-state index in [4.69, 9.17) is 15.6 Å². The third-order valence-corrected chi connectivity index (χ3v) is 2.98. The number of nitrogens with zero attached hydrogens (tertiary/aromatic N) is 1. The number of nitrogens with one attached hydrogen (secondary N) is 1. The van der Waals surface area contributed by atoms with E-state index < -0.39 is 30.4 Å². The van der Waals surface area contributed by atoms with Gasteiger partial charge in [-0.25, -0.2) is 9.59 Å². The van der Waals surface area contributed by atoms with E-state index in [-0.39, 0.29) is 5.92 Å². The van der Waals surface area contributed by atoms with Crippen molar-refractivity contribution >= 4 is 17.9 Å². The van der Waals surface area contributed by atoms with E-state index in [1.807, 2.05) is 0 Å². The molecule has 0 saturated carbocycles. The molecule has 0 aromatic carbocycles. The second kappa shape index (κ2) is 6.93.